The highest BCUT2D eigenvalue weighted by molar-refractivity contribution is 7.89. The van der Waals surface area contributed by atoms with Crippen molar-refractivity contribution < 1.29 is 13.5 Å². The molecule has 0 saturated heterocycles. The first-order chi connectivity index (χ1) is 8.53. The molecule has 0 fully saturated rings. The molecule has 0 aliphatic carbocycles. The summed E-state index contributed by atoms with van der Waals surface area (Å²) in [7, 11) is -3.54. The van der Waals surface area contributed by atoms with Crippen LogP contribution in [0.25, 0.3) is 0 Å². The summed E-state index contributed by atoms with van der Waals surface area (Å²) in [5.74, 6) is 0. The number of hydrogen-bond donors (Lipinski definition) is 2. The van der Waals surface area contributed by atoms with Crippen molar-refractivity contribution in [3.63, 3.8) is 0 Å². The summed E-state index contributed by atoms with van der Waals surface area (Å²) in [5, 5.41) is 10.7. The molecule has 0 aliphatic rings. The fourth-order valence-corrected chi connectivity index (χ4v) is 4.73. The molecule has 0 amide bonds. The molecule has 4 nitrogen and oxygen atoms in total. The second-order valence-electron chi connectivity index (χ2n) is 3.70. The van der Waals surface area contributed by atoms with Gasteiger partial charge in [0.15, 0.2) is 0 Å². The largest absolute Gasteiger partial charge is 0.391 e. The Morgan fingerprint density at radius 3 is 2.72 bits per heavy atom. The van der Waals surface area contributed by atoms with E-state index in [-0.39, 0.29) is 18.0 Å². The van der Waals surface area contributed by atoms with Crippen LogP contribution >= 0.6 is 22.7 Å². The minimum absolute atomic E-state index is 0.170. The number of aliphatic hydroxyl groups is 1. The summed E-state index contributed by atoms with van der Waals surface area (Å²) < 4.78 is 26.6. The van der Waals surface area contributed by atoms with Gasteiger partial charge < -0.3 is 5.11 Å². The quantitative estimate of drug-likeness (QED) is 0.889. The highest BCUT2D eigenvalue weighted by Gasteiger charge is 2.19. The number of sulfonamides is 1. The lowest BCUT2D eigenvalue weighted by atomic mass is 10.4. The van der Waals surface area contributed by atoms with Crippen molar-refractivity contribution in [2.75, 3.05) is 0 Å². The molecule has 7 heteroatoms. The van der Waals surface area contributed by atoms with E-state index in [1.807, 2.05) is 19.1 Å². The molecule has 2 N–H and O–H groups in total. The van der Waals surface area contributed by atoms with E-state index in [0.717, 1.165) is 9.75 Å². The highest BCUT2D eigenvalue weighted by Crippen LogP contribution is 2.22. The third-order valence-electron chi connectivity index (χ3n) is 2.37. The van der Waals surface area contributed by atoms with Gasteiger partial charge in [-0.15, -0.1) is 22.7 Å². The van der Waals surface area contributed by atoms with E-state index in [1.54, 1.807) is 16.7 Å². The van der Waals surface area contributed by atoms with Gasteiger partial charge in [-0.25, -0.2) is 13.1 Å². The van der Waals surface area contributed by atoms with Gasteiger partial charge in [-0.3, -0.25) is 0 Å². The summed E-state index contributed by atoms with van der Waals surface area (Å²) in [4.78, 5) is 2.75. The lowest BCUT2D eigenvalue weighted by molar-refractivity contribution is 0.282. The maximum absolute atomic E-state index is 12.0. The van der Waals surface area contributed by atoms with E-state index in [9.17, 15) is 8.42 Å². The van der Waals surface area contributed by atoms with Gasteiger partial charge in [0, 0.05) is 21.2 Å². The van der Waals surface area contributed by atoms with E-state index in [0.29, 0.717) is 4.88 Å². The number of aryl methyl sites for hydroxylation is 1. The van der Waals surface area contributed by atoms with Crippen LogP contribution in [-0.2, 0) is 23.2 Å². The lowest BCUT2D eigenvalue weighted by Gasteiger charge is -2.05. The molecule has 2 aromatic rings. The molecule has 0 atom stereocenters. The Hall–Kier alpha value is -0.730. The minimum Gasteiger partial charge on any atom is -0.391 e. The van der Waals surface area contributed by atoms with Crippen LogP contribution in [0.5, 0.6) is 0 Å². The van der Waals surface area contributed by atoms with Gasteiger partial charge in [0.2, 0.25) is 10.0 Å². The summed E-state index contributed by atoms with van der Waals surface area (Å²) in [6.45, 7) is 2.00. The predicted molar refractivity (Wildman–Crippen MR) is 73.3 cm³/mol. The van der Waals surface area contributed by atoms with Gasteiger partial charge in [-0.05, 0) is 30.5 Å². The fourth-order valence-electron chi connectivity index (χ4n) is 1.51. The van der Waals surface area contributed by atoms with Crippen molar-refractivity contribution in [3.05, 3.63) is 38.2 Å². The summed E-state index contributed by atoms with van der Waals surface area (Å²) >= 11 is 2.80. The number of hydrogen-bond acceptors (Lipinski definition) is 5. The molecule has 2 aromatic heterocycles. The molecule has 0 aromatic carbocycles. The third kappa shape index (κ3) is 2.99. The molecule has 2 rings (SSSR count). The van der Waals surface area contributed by atoms with E-state index >= 15 is 0 Å². The van der Waals surface area contributed by atoms with Gasteiger partial charge in [0.1, 0.15) is 0 Å². The van der Waals surface area contributed by atoms with Crippen molar-refractivity contribution in [1.29, 1.82) is 0 Å². The fraction of sp³-hybridized carbons (Fsp3) is 0.273. The lowest BCUT2D eigenvalue weighted by Crippen LogP contribution is -2.23. The van der Waals surface area contributed by atoms with Gasteiger partial charge in [-0.2, -0.15) is 0 Å². The Labute approximate surface area is 114 Å². The Bertz CT molecular complexity index is 628. The van der Waals surface area contributed by atoms with Gasteiger partial charge in [0.05, 0.1) is 11.5 Å². The SMILES string of the molecule is Cc1ccc(CNS(=O)(=O)c2ccsc2CO)s1. The second-order valence-corrected chi connectivity index (χ2v) is 7.81. The van der Waals surface area contributed by atoms with Crippen molar-refractivity contribution in [2.45, 2.75) is 25.0 Å². The van der Waals surface area contributed by atoms with Crippen LogP contribution in [0.15, 0.2) is 28.5 Å². The summed E-state index contributed by atoms with van der Waals surface area (Å²) in [5.41, 5.74) is 0. The maximum Gasteiger partial charge on any atom is 0.242 e. The zero-order valence-corrected chi connectivity index (χ0v) is 12.2. The molecule has 0 radical (unpaired) electrons. The molecule has 2 heterocycles. The topological polar surface area (TPSA) is 66.4 Å². The zero-order valence-electron chi connectivity index (χ0n) is 9.71. The first kappa shape index (κ1) is 13.7. The Balaban J connectivity index is 2.13. The van der Waals surface area contributed by atoms with E-state index in [4.69, 9.17) is 5.11 Å². The number of thiophene rings is 2. The van der Waals surface area contributed by atoms with Crippen LogP contribution in [-0.4, -0.2) is 13.5 Å². The molecule has 18 heavy (non-hydrogen) atoms. The summed E-state index contributed by atoms with van der Waals surface area (Å²) in [6, 6.07) is 5.37. The molecule has 98 valence electrons. The first-order valence-corrected chi connectivity index (χ1v) is 8.43. The van der Waals surface area contributed by atoms with Gasteiger partial charge in [0.25, 0.3) is 0 Å². The average Bonchev–Trinajstić information content (AvgIpc) is 2.95. The maximum atomic E-state index is 12.0. The van der Waals surface area contributed by atoms with Crippen molar-refractivity contribution in [1.82, 2.24) is 4.72 Å². The summed E-state index contributed by atoms with van der Waals surface area (Å²) in [6.07, 6.45) is 0. The monoisotopic (exact) mass is 303 g/mol. The third-order valence-corrected chi connectivity index (χ3v) is 5.89. The standard InChI is InChI=1S/C11H13NO3S3/c1-8-2-3-9(17-8)6-12-18(14,15)11-4-5-16-10(11)7-13/h2-5,12-13H,6-7H2,1H3. The zero-order chi connectivity index (χ0) is 13.2. The highest BCUT2D eigenvalue weighted by atomic mass is 32.2. The normalized spacial score (nSPS) is 11.9. The van der Waals surface area contributed by atoms with Crippen LogP contribution < -0.4 is 4.72 Å². The van der Waals surface area contributed by atoms with Crippen LogP contribution in [0.3, 0.4) is 0 Å². The molecular formula is C11H13NO3S3. The Kier molecular flexibility index (Phi) is 4.18. The van der Waals surface area contributed by atoms with Crippen molar-refractivity contribution >= 4 is 32.7 Å². The molecular weight excluding hydrogens is 290 g/mol. The van der Waals surface area contributed by atoms with E-state index in [1.165, 1.54) is 17.4 Å². The molecule has 0 spiro atoms. The van der Waals surface area contributed by atoms with Crippen LogP contribution in [0, 0.1) is 6.92 Å². The predicted octanol–water partition coefficient (Wildman–Crippen LogP) is 2.09. The van der Waals surface area contributed by atoms with E-state index < -0.39 is 10.0 Å². The van der Waals surface area contributed by atoms with Crippen LogP contribution in [0.4, 0.5) is 0 Å². The van der Waals surface area contributed by atoms with Crippen LogP contribution in [0.1, 0.15) is 14.6 Å². The molecule has 0 aliphatic heterocycles. The minimum atomic E-state index is -3.54. The average molecular weight is 303 g/mol. The van der Waals surface area contributed by atoms with Crippen molar-refractivity contribution in [2.24, 2.45) is 0 Å². The smallest absolute Gasteiger partial charge is 0.242 e. The Morgan fingerprint density at radius 1 is 1.33 bits per heavy atom. The van der Waals surface area contributed by atoms with E-state index in [2.05, 4.69) is 4.72 Å². The molecule has 0 saturated carbocycles. The first-order valence-electron chi connectivity index (χ1n) is 5.25. The molecule has 0 bridgehead atoms. The van der Waals surface area contributed by atoms with Gasteiger partial charge in [-0.1, -0.05) is 0 Å². The number of rotatable bonds is 5. The second kappa shape index (κ2) is 5.50. The number of aliphatic hydroxyl groups excluding tert-OH is 1. The van der Waals surface area contributed by atoms with Crippen molar-refractivity contribution in [3.8, 4) is 0 Å². The van der Waals surface area contributed by atoms with Gasteiger partial charge >= 0.3 is 0 Å². The Morgan fingerprint density at radius 2 is 2.11 bits per heavy atom. The van der Waals surface area contributed by atoms with Crippen LogP contribution in [0.2, 0.25) is 0 Å². The number of nitrogens with one attached hydrogen (secondary N) is 1. The molecule has 0 unspecified atom stereocenters.